The molecule has 196 valence electrons. The van der Waals surface area contributed by atoms with E-state index in [1.54, 1.807) is 17.0 Å². The third-order valence-electron chi connectivity index (χ3n) is 5.50. The lowest BCUT2D eigenvalue weighted by atomic mass is 10.1. The van der Waals surface area contributed by atoms with Crippen molar-refractivity contribution in [1.82, 2.24) is 4.90 Å². The van der Waals surface area contributed by atoms with Gasteiger partial charge >= 0.3 is 5.97 Å². The summed E-state index contributed by atoms with van der Waals surface area (Å²) < 4.78 is 12.8. The normalized spacial score (nSPS) is 15.4. The van der Waals surface area contributed by atoms with Crippen LogP contribution in [0.15, 0.2) is 70.6 Å². The van der Waals surface area contributed by atoms with Crippen LogP contribution in [-0.4, -0.2) is 40.2 Å². The zero-order chi connectivity index (χ0) is 27.2. The number of carboxylic acid groups (broad SMARTS) is 1. The molecule has 0 radical (unpaired) electrons. The van der Waals surface area contributed by atoms with E-state index in [2.05, 4.69) is 27.6 Å². The highest BCUT2D eigenvalue weighted by molar-refractivity contribution is 14.1. The number of thioether (sulfide) groups is 1. The van der Waals surface area contributed by atoms with Gasteiger partial charge in [0.15, 0.2) is 16.7 Å². The molecule has 0 aromatic heterocycles. The summed E-state index contributed by atoms with van der Waals surface area (Å²) in [6, 6.07) is 17.5. The Labute approximate surface area is 243 Å². The summed E-state index contributed by atoms with van der Waals surface area (Å²) in [5.41, 5.74) is 2.41. The van der Waals surface area contributed by atoms with Crippen molar-refractivity contribution in [2.45, 2.75) is 20.5 Å². The molecule has 3 aromatic rings. The lowest BCUT2D eigenvalue weighted by molar-refractivity contribution is -0.122. The second-order valence-corrected chi connectivity index (χ2v) is 10.6. The van der Waals surface area contributed by atoms with Crippen LogP contribution in [0.3, 0.4) is 0 Å². The van der Waals surface area contributed by atoms with Crippen molar-refractivity contribution in [1.29, 1.82) is 0 Å². The molecule has 1 saturated heterocycles. The number of ether oxygens (including phenoxy) is 2. The molecular formula is C28H24ClIN2O5S. The number of amidine groups is 1. The molecule has 1 fully saturated rings. The Morgan fingerprint density at radius 1 is 1.13 bits per heavy atom. The van der Waals surface area contributed by atoms with Crippen LogP contribution in [0.2, 0.25) is 5.02 Å². The number of likely N-dealkylation sites (N-methyl/N-ethyl adjacent to an activating group) is 1. The lowest BCUT2D eigenvalue weighted by Gasteiger charge is -2.15. The molecule has 0 unspecified atom stereocenters. The highest BCUT2D eigenvalue weighted by Gasteiger charge is 2.32. The Bertz CT molecular complexity index is 1430. The predicted molar refractivity (Wildman–Crippen MR) is 160 cm³/mol. The first kappa shape index (κ1) is 28.0. The van der Waals surface area contributed by atoms with Gasteiger partial charge in [0.1, 0.15) is 6.61 Å². The smallest absolute Gasteiger partial charge is 0.335 e. The van der Waals surface area contributed by atoms with Crippen LogP contribution in [0.1, 0.15) is 35.3 Å². The number of nitrogens with zero attached hydrogens (tertiary/aromatic N) is 2. The van der Waals surface area contributed by atoms with Gasteiger partial charge in [-0.2, -0.15) is 0 Å². The third kappa shape index (κ3) is 6.51. The van der Waals surface area contributed by atoms with Gasteiger partial charge in [0, 0.05) is 17.1 Å². The fraction of sp³-hybridized carbons (Fsp3) is 0.179. The Balaban J connectivity index is 1.60. The van der Waals surface area contributed by atoms with E-state index in [4.69, 9.17) is 26.2 Å². The fourth-order valence-corrected chi connectivity index (χ4v) is 5.68. The van der Waals surface area contributed by atoms with E-state index in [-0.39, 0.29) is 11.5 Å². The summed E-state index contributed by atoms with van der Waals surface area (Å²) in [6.07, 6.45) is 1.81. The SMILES string of the molecule is CCOc1cc(C=C2SC(=Nc3ccc(C(=O)O)cc3)N(CC)C2=O)cc(I)c1OCc1ccccc1Cl. The standard InChI is InChI=1S/C28H24ClIN2O5S/c1-3-32-26(33)24(38-28(32)31-20-11-9-18(10-12-20)27(34)35)15-17-13-22(30)25(23(14-17)36-4-2)37-16-19-7-5-6-8-21(19)29/h5-15H,3-4,16H2,1-2H3,(H,34,35). The molecule has 3 aromatic carbocycles. The molecule has 1 heterocycles. The van der Waals surface area contributed by atoms with Gasteiger partial charge in [-0.25, -0.2) is 9.79 Å². The van der Waals surface area contributed by atoms with Crippen LogP contribution in [-0.2, 0) is 11.4 Å². The second kappa shape index (κ2) is 12.7. The minimum Gasteiger partial charge on any atom is -0.490 e. The number of carboxylic acids is 1. The number of benzene rings is 3. The van der Waals surface area contributed by atoms with Crippen LogP contribution in [0.4, 0.5) is 5.69 Å². The van der Waals surface area contributed by atoms with Gasteiger partial charge in [-0.1, -0.05) is 29.8 Å². The van der Waals surface area contributed by atoms with Crippen molar-refractivity contribution >= 4 is 74.8 Å². The predicted octanol–water partition coefficient (Wildman–Crippen LogP) is 7.24. The van der Waals surface area contributed by atoms with E-state index in [0.29, 0.717) is 52.0 Å². The fourth-order valence-electron chi connectivity index (χ4n) is 3.65. The van der Waals surface area contributed by atoms with Gasteiger partial charge in [-0.05, 0) is 102 Å². The van der Waals surface area contributed by atoms with E-state index >= 15 is 0 Å². The van der Waals surface area contributed by atoms with Crippen molar-refractivity contribution in [3.05, 3.63) is 90.9 Å². The monoisotopic (exact) mass is 662 g/mol. The van der Waals surface area contributed by atoms with Gasteiger partial charge in [0.05, 0.1) is 26.3 Å². The van der Waals surface area contributed by atoms with Gasteiger partial charge in [-0.3, -0.25) is 9.69 Å². The first-order chi connectivity index (χ1) is 18.3. The zero-order valence-electron chi connectivity index (χ0n) is 20.6. The molecule has 7 nitrogen and oxygen atoms in total. The molecule has 0 atom stereocenters. The van der Waals surface area contributed by atoms with Crippen LogP contribution >= 0.6 is 46.0 Å². The first-order valence-electron chi connectivity index (χ1n) is 11.8. The summed E-state index contributed by atoms with van der Waals surface area (Å²) in [5, 5.41) is 10.3. The molecule has 0 spiro atoms. The molecule has 1 N–H and O–H groups in total. The van der Waals surface area contributed by atoms with E-state index < -0.39 is 5.97 Å². The summed E-state index contributed by atoms with van der Waals surface area (Å²) in [7, 11) is 0. The van der Waals surface area contributed by atoms with Crippen molar-refractivity contribution < 1.29 is 24.2 Å². The van der Waals surface area contributed by atoms with Crippen molar-refractivity contribution in [2.75, 3.05) is 13.2 Å². The number of carbonyl (C=O) groups is 2. The van der Waals surface area contributed by atoms with Crippen molar-refractivity contribution in [3.8, 4) is 11.5 Å². The van der Waals surface area contributed by atoms with E-state index in [1.807, 2.05) is 56.3 Å². The Morgan fingerprint density at radius 3 is 2.53 bits per heavy atom. The van der Waals surface area contributed by atoms with Crippen molar-refractivity contribution in [2.24, 2.45) is 4.99 Å². The second-order valence-electron chi connectivity index (χ2n) is 8.05. The Morgan fingerprint density at radius 2 is 1.87 bits per heavy atom. The third-order valence-corrected chi connectivity index (χ3v) is 7.68. The maximum absolute atomic E-state index is 13.1. The number of halogens is 2. The maximum atomic E-state index is 13.1. The average Bonchev–Trinajstić information content (AvgIpc) is 3.18. The van der Waals surface area contributed by atoms with Crippen LogP contribution in [0.25, 0.3) is 6.08 Å². The van der Waals surface area contributed by atoms with Gasteiger partial charge < -0.3 is 14.6 Å². The number of rotatable bonds is 9. The summed E-state index contributed by atoms with van der Waals surface area (Å²) in [6.45, 7) is 4.98. The lowest BCUT2D eigenvalue weighted by Crippen LogP contribution is -2.28. The number of hydrogen-bond donors (Lipinski definition) is 1. The van der Waals surface area contributed by atoms with E-state index in [1.165, 1.54) is 23.9 Å². The molecule has 4 rings (SSSR count). The molecule has 1 aliphatic heterocycles. The molecule has 0 bridgehead atoms. The summed E-state index contributed by atoms with van der Waals surface area (Å²) in [4.78, 5) is 31.0. The molecular weight excluding hydrogens is 639 g/mol. The average molecular weight is 663 g/mol. The van der Waals surface area contributed by atoms with Gasteiger partial charge in [0.2, 0.25) is 0 Å². The van der Waals surface area contributed by atoms with Gasteiger partial charge in [-0.15, -0.1) is 0 Å². The number of aliphatic imine (C=N–C) groups is 1. The van der Waals surface area contributed by atoms with E-state index in [9.17, 15) is 9.59 Å². The molecule has 0 saturated carbocycles. The van der Waals surface area contributed by atoms with Crippen LogP contribution in [0.5, 0.6) is 11.5 Å². The quantitative estimate of drug-likeness (QED) is 0.192. The molecule has 10 heteroatoms. The summed E-state index contributed by atoms with van der Waals surface area (Å²) in [5.74, 6) is 0.0393. The first-order valence-corrected chi connectivity index (χ1v) is 14.0. The Hall–Kier alpha value is -3.02. The van der Waals surface area contributed by atoms with Crippen LogP contribution < -0.4 is 9.47 Å². The maximum Gasteiger partial charge on any atom is 0.335 e. The number of hydrogen-bond acceptors (Lipinski definition) is 6. The minimum absolute atomic E-state index is 0.148. The number of amides is 1. The van der Waals surface area contributed by atoms with Crippen LogP contribution in [0, 0.1) is 3.57 Å². The highest BCUT2D eigenvalue weighted by atomic mass is 127. The van der Waals surface area contributed by atoms with Crippen molar-refractivity contribution in [3.63, 3.8) is 0 Å². The summed E-state index contributed by atoms with van der Waals surface area (Å²) >= 11 is 9.75. The molecule has 1 amide bonds. The molecule has 1 aliphatic rings. The number of carbonyl (C=O) groups excluding carboxylic acids is 1. The molecule has 38 heavy (non-hydrogen) atoms. The Kier molecular flexibility index (Phi) is 9.35. The topological polar surface area (TPSA) is 88.4 Å². The highest BCUT2D eigenvalue weighted by Crippen LogP contribution is 2.38. The molecule has 0 aliphatic carbocycles. The largest absolute Gasteiger partial charge is 0.490 e. The minimum atomic E-state index is -1.00. The number of aromatic carboxylic acids is 1. The van der Waals surface area contributed by atoms with Gasteiger partial charge in [0.25, 0.3) is 5.91 Å². The zero-order valence-corrected chi connectivity index (χ0v) is 24.3. The van der Waals surface area contributed by atoms with E-state index in [0.717, 1.165) is 14.7 Å².